The summed E-state index contributed by atoms with van der Waals surface area (Å²) in [5.41, 5.74) is 0. The molecule has 1 saturated carbocycles. The van der Waals surface area contributed by atoms with E-state index < -0.39 is 0 Å². The molecule has 1 heterocycles. The number of nitriles is 1. The van der Waals surface area contributed by atoms with E-state index in [4.69, 9.17) is 5.26 Å². The first-order valence-electron chi connectivity index (χ1n) is 6.07. The lowest BCUT2D eigenvalue weighted by atomic mass is 10.1. The Balaban J connectivity index is 1.95. The molecule has 1 atom stereocenters. The number of likely N-dealkylation sites (tertiary alicyclic amines) is 1. The zero-order valence-electron chi connectivity index (χ0n) is 8.91. The van der Waals surface area contributed by atoms with E-state index in [9.17, 15) is 0 Å². The van der Waals surface area contributed by atoms with Crippen molar-refractivity contribution in [2.75, 3.05) is 6.54 Å². The van der Waals surface area contributed by atoms with Crippen LogP contribution < -0.4 is 0 Å². The summed E-state index contributed by atoms with van der Waals surface area (Å²) in [6.07, 6.45) is 10.6. The maximum absolute atomic E-state index is 9.05. The van der Waals surface area contributed by atoms with Crippen molar-refractivity contribution in [1.82, 2.24) is 4.90 Å². The molecule has 0 aromatic rings. The first kappa shape index (κ1) is 9.98. The van der Waals surface area contributed by atoms with E-state index in [1.807, 2.05) is 0 Å². The van der Waals surface area contributed by atoms with Gasteiger partial charge in [0.25, 0.3) is 0 Å². The lowest BCUT2D eigenvalue weighted by Gasteiger charge is -2.29. The highest BCUT2D eigenvalue weighted by Gasteiger charge is 2.30. The number of hydrogen-bond acceptors (Lipinski definition) is 2. The van der Waals surface area contributed by atoms with E-state index in [0.717, 1.165) is 12.5 Å². The molecule has 0 amide bonds. The molecular formula is C12H20N2. The molecule has 0 aromatic heterocycles. The molecule has 0 spiro atoms. The van der Waals surface area contributed by atoms with Crippen molar-refractivity contribution in [3.63, 3.8) is 0 Å². The van der Waals surface area contributed by atoms with Gasteiger partial charge in [0.2, 0.25) is 0 Å². The van der Waals surface area contributed by atoms with E-state index in [-0.39, 0.29) is 6.04 Å². The Hall–Kier alpha value is -0.550. The fraction of sp³-hybridized carbons (Fsp3) is 0.917. The van der Waals surface area contributed by atoms with Crippen LogP contribution in [-0.2, 0) is 0 Å². The molecule has 2 heteroatoms. The van der Waals surface area contributed by atoms with Crippen LogP contribution >= 0.6 is 0 Å². The highest BCUT2D eigenvalue weighted by Crippen LogP contribution is 2.27. The summed E-state index contributed by atoms with van der Waals surface area (Å²) in [4.78, 5) is 2.48. The smallest absolute Gasteiger partial charge is 0.0980 e. The molecular weight excluding hydrogens is 172 g/mol. The van der Waals surface area contributed by atoms with Crippen molar-refractivity contribution in [2.24, 2.45) is 0 Å². The summed E-state index contributed by atoms with van der Waals surface area (Å²) >= 11 is 0. The van der Waals surface area contributed by atoms with Crippen LogP contribution in [0, 0.1) is 11.3 Å². The van der Waals surface area contributed by atoms with Crippen LogP contribution in [0.2, 0.25) is 0 Å². The fourth-order valence-corrected chi connectivity index (χ4v) is 2.95. The Labute approximate surface area is 86.9 Å². The van der Waals surface area contributed by atoms with Gasteiger partial charge in [-0.15, -0.1) is 0 Å². The average molecular weight is 192 g/mol. The van der Waals surface area contributed by atoms with Gasteiger partial charge in [0.05, 0.1) is 12.1 Å². The highest BCUT2D eigenvalue weighted by atomic mass is 15.2. The SMILES string of the molecule is N#CC1CCCN1C1CCCCCC1. The topological polar surface area (TPSA) is 27.0 Å². The number of rotatable bonds is 1. The van der Waals surface area contributed by atoms with Gasteiger partial charge in [-0.25, -0.2) is 0 Å². The maximum atomic E-state index is 9.05. The van der Waals surface area contributed by atoms with Gasteiger partial charge in [-0.3, -0.25) is 4.90 Å². The summed E-state index contributed by atoms with van der Waals surface area (Å²) in [6.45, 7) is 1.17. The van der Waals surface area contributed by atoms with E-state index in [0.29, 0.717) is 0 Å². The van der Waals surface area contributed by atoms with Crippen molar-refractivity contribution < 1.29 is 0 Å². The van der Waals surface area contributed by atoms with Crippen molar-refractivity contribution in [3.05, 3.63) is 0 Å². The first-order valence-corrected chi connectivity index (χ1v) is 6.07. The summed E-state index contributed by atoms with van der Waals surface area (Å²) in [7, 11) is 0. The van der Waals surface area contributed by atoms with Gasteiger partial charge in [-0.1, -0.05) is 25.7 Å². The molecule has 1 unspecified atom stereocenters. The van der Waals surface area contributed by atoms with E-state index in [2.05, 4.69) is 11.0 Å². The zero-order valence-corrected chi connectivity index (χ0v) is 8.91. The monoisotopic (exact) mass is 192 g/mol. The quantitative estimate of drug-likeness (QED) is 0.597. The second-order valence-corrected chi connectivity index (χ2v) is 4.67. The minimum Gasteiger partial charge on any atom is -0.285 e. The predicted octanol–water partition coefficient (Wildman–Crippen LogP) is 2.70. The minimum atomic E-state index is 0.234. The van der Waals surface area contributed by atoms with Crippen LogP contribution in [-0.4, -0.2) is 23.5 Å². The molecule has 2 fully saturated rings. The third-order valence-electron chi connectivity index (χ3n) is 3.74. The molecule has 1 aliphatic heterocycles. The maximum Gasteiger partial charge on any atom is 0.0980 e. The lowest BCUT2D eigenvalue weighted by molar-refractivity contribution is 0.190. The Morgan fingerprint density at radius 1 is 0.929 bits per heavy atom. The summed E-state index contributed by atoms with van der Waals surface area (Å²) in [5, 5.41) is 9.05. The largest absolute Gasteiger partial charge is 0.285 e. The van der Waals surface area contributed by atoms with Crippen molar-refractivity contribution in [1.29, 1.82) is 5.26 Å². The van der Waals surface area contributed by atoms with Gasteiger partial charge < -0.3 is 0 Å². The third-order valence-corrected chi connectivity index (χ3v) is 3.74. The van der Waals surface area contributed by atoms with Gasteiger partial charge in [-0.05, 0) is 32.2 Å². The molecule has 14 heavy (non-hydrogen) atoms. The van der Waals surface area contributed by atoms with Crippen LogP contribution in [0.15, 0.2) is 0 Å². The molecule has 1 saturated heterocycles. The Morgan fingerprint density at radius 3 is 2.29 bits per heavy atom. The van der Waals surface area contributed by atoms with Crippen LogP contribution in [0.25, 0.3) is 0 Å². The molecule has 0 radical (unpaired) electrons. The Bertz CT molecular complexity index is 211. The standard InChI is InChI=1S/C12H20N2/c13-10-12-8-5-9-14(12)11-6-3-1-2-4-7-11/h11-12H,1-9H2. The molecule has 2 aliphatic rings. The van der Waals surface area contributed by atoms with Crippen molar-refractivity contribution in [2.45, 2.75) is 63.5 Å². The van der Waals surface area contributed by atoms with E-state index >= 15 is 0 Å². The highest BCUT2D eigenvalue weighted by molar-refractivity contribution is 4.98. The molecule has 2 nitrogen and oxygen atoms in total. The van der Waals surface area contributed by atoms with E-state index in [1.54, 1.807) is 0 Å². The number of hydrogen-bond donors (Lipinski definition) is 0. The van der Waals surface area contributed by atoms with E-state index in [1.165, 1.54) is 51.5 Å². The van der Waals surface area contributed by atoms with Gasteiger partial charge in [0, 0.05) is 6.04 Å². The van der Waals surface area contributed by atoms with Crippen LogP contribution in [0.5, 0.6) is 0 Å². The molecule has 0 aromatic carbocycles. The Kier molecular flexibility index (Phi) is 3.42. The fourth-order valence-electron chi connectivity index (χ4n) is 2.95. The molecule has 2 rings (SSSR count). The second kappa shape index (κ2) is 4.79. The zero-order chi connectivity index (χ0) is 9.80. The van der Waals surface area contributed by atoms with Crippen LogP contribution in [0.3, 0.4) is 0 Å². The Morgan fingerprint density at radius 2 is 1.64 bits per heavy atom. The van der Waals surface area contributed by atoms with Gasteiger partial charge in [0.15, 0.2) is 0 Å². The summed E-state index contributed by atoms with van der Waals surface area (Å²) < 4.78 is 0. The average Bonchev–Trinajstić information content (AvgIpc) is 2.52. The van der Waals surface area contributed by atoms with Crippen molar-refractivity contribution in [3.8, 4) is 6.07 Å². The van der Waals surface area contributed by atoms with Gasteiger partial charge >= 0.3 is 0 Å². The van der Waals surface area contributed by atoms with Gasteiger partial charge in [-0.2, -0.15) is 5.26 Å². The second-order valence-electron chi connectivity index (χ2n) is 4.67. The third kappa shape index (κ3) is 2.09. The van der Waals surface area contributed by atoms with Crippen molar-refractivity contribution >= 4 is 0 Å². The summed E-state index contributed by atoms with van der Waals surface area (Å²) in [5.74, 6) is 0. The number of nitrogens with zero attached hydrogens (tertiary/aromatic N) is 2. The normalized spacial score (nSPS) is 31.2. The molecule has 0 bridgehead atoms. The first-order chi connectivity index (χ1) is 6.92. The summed E-state index contributed by atoms with van der Waals surface area (Å²) in [6, 6.07) is 3.42. The van der Waals surface area contributed by atoms with Crippen LogP contribution in [0.4, 0.5) is 0 Å². The molecule has 0 N–H and O–H groups in total. The molecule has 78 valence electrons. The van der Waals surface area contributed by atoms with Gasteiger partial charge in [0.1, 0.15) is 0 Å². The minimum absolute atomic E-state index is 0.234. The van der Waals surface area contributed by atoms with Crippen LogP contribution in [0.1, 0.15) is 51.4 Å². The lowest BCUT2D eigenvalue weighted by Crippen LogP contribution is -2.38. The predicted molar refractivity (Wildman–Crippen MR) is 56.8 cm³/mol. The molecule has 1 aliphatic carbocycles.